The van der Waals surface area contributed by atoms with E-state index in [1.165, 1.54) is 0 Å². The van der Waals surface area contributed by atoms with Gasteiger partial charge in [-0.25, -0.2) is 0 Å². The van der Waals surface area contributed by atoms with Crippen molar-refractivity contribution < 1.29 is 14.7 Å². The summed E-state index contributed by atoms with van der Waals surface area (Å²) >= 11 is 0. The number of carbonyl (C=O) groups is 2. The molecule has 0 saturated carbocycles. The van der Waals surface area contributed by atoms with Crippen molar-refractivity contribution in [1.29, 1.82) is 0 Å². The quantitative estimate of drug-likeness (QED) is 0.761. The Bertz CT molecular complexity index is 330. The van der Waals surface area contributed by atoms with Gasteiger partial charge in [-0.15, -0.1) is 0 Å². The molecule has 2 rings (SSSR count). The molecule has 4 nitrogen and oxygen atoms in total. The van der Waals surface area contributed by atoms with Gasteiger partial charge in [0.05, 0.1) is 6.42 Å². The lowest BCUT2D eigenvalue weighted by Gasteiger charge is -2.36. The fourth-order valence-electron chi connectivity index (χ4n) is 2.76. The largest absolute Gasteiger partial charge is 0.481 e. The lowest BCUT2D eigenvalue weighted by atomic mass is 9.96. The maximum atomic E-state index is 12.3. The molecule has 1 amide bonds. The lowest BCUT2D eigenvalue weighted by molar-refractivity contribution is -0.143. The first-order chi connectivity index (χ1) is 8.18. The Kier molecular flexibility index (Phi) is 3.82. The van der Waals surface area contributed by atoms with Crippen LogP contribution in [0.3, 0.4) is 0 Å². The summed E-state index contributed by atoms with van der Waals surface area (Å²) in [6.07, 6.45) is 8.67. The van der Waals surface area contributed by atoms with Crippen LogP contribution in [0.1, 0.15) is 38.5 Å². The second kappa shape index (κ2) is 5.34. The highest BCUT2D eigenvalue weighted by Gasteiger charge is 2.32. The summed E-state index contributed by atoms with van der Waals surface area (Å²) < 4.78 is 0. The first-order valence-corrected chi connectivity index (χ1v) is 6.35. The van der Waals surface area contributed by atoms with E-state index in [-0.39, 0.29) is 24.3 Å². The topological polar surface area (TPSA) is 57.6 Å². The number of piperidine rings is 1. The highest BCUT2D eigenvalue weighted by molar-refractivity contribution is 5.81. The van der Waals surface area contributed by atoms with Crippen molar-refractivity contribution in [2.45, 2.75) is 44.6 Å². The van der Waals surface area contributed by atoms with Crippen LogP contribution in [0.4, 0.5) is 0 Å². The van der Waals surface area contributed by atoms with Crippen LogP contribution in [-0.4, -0.2) is 34.5 Å². The standard InChI is InChI=1S/C13H19NO3/c15-12(16)9-11-7-3-4-8-14(11)13(17)10-5-1-2-6-10/h1-2,10-11H,3-9H2,(H,15,16). The molecule has 1 heterocycles. The normalized spacial score (nSPS) is 25.2. The SMILES string of the molecule is O=C(O)CC1CCCCN1C(=O)C1CC=CC1. The van der Waals surface area contributed by atoms with Crippen molar-refractivity contribution in [2.75, 3.05) is 6.54 Å². The predicted molar refractivity (Wildman–Crippen MR) is 63.5 cm³/mol. The van der Waals surface area contributed by atoms with Gasteiger partial charge in [0.15, 0.2) is 0 Å². The molecule has 1 unspecified atom stereocenters. The third-order valence-electron chi connectivity index (χ3n) is 3.68. The number of hydrogen-bond donors (Lipinski definition) is 1. The van der Waals surface area contributed by atoms with Gasteiger partial charge in [-0.05, 0) is 32.1 Å². The number of carboxylic acid groups (broad SMARTS) is 1. The summed E-state index contributed by atoms with van der Waals surface area (Å²) in [5, 5.41) is 8.88. The second-order valence-electron chi connectivity index (χ2n) is 4.92. The van der Waals surface area contributed by atoms with Gasteiger partial charge >= 0.3 is 5.97 Å². The molecule has 0 aromatic rings. The number of carboxylic acids is 1. The van der Waals surface area contributed by atoms with Crippen LogP contribution >= 0.6 is 0 Å². The molecule has 0 bridgehead atoms. The van der Waals surface area contributed by atoms with Crippen LogP contribution in [0.5, 0.6) is 0 Å². The van der Waals surface area contributed by atoms with Crippen molar-refractivity contribution in [2.24, 2.45) is 5.92 Å². The summed E-state index contributed by atoms with van der Waals surface area (Å²) in [5.41, 5.74) is 0. The van der Waals surface area contributed by atoms with E-state index >= 15 is 0 Å². The molecule has 1 N–H and O–H groups in total. The molecule has 1 fully saturated rings. The molecule has 94 valence electrons. The smallest absolute Gasteiger partial charge is 0.305 e. The fraction of sp³-hybridized carbons (Fsp3) is 0.692. The van der Waals surface area contributed by atoms with Gasteiger partial charge in [0.2, 0.25) is 5.91 Å². The number of rotatable bonds is 3. The molecule has 4 heteroatoms. The Morgan fingerprint density at radius 1 is 1.24 bits per heavy atom. The molecular formula is C13H19NO3. The molecule has 0 spiro atoms. The van der Waals surface area contributed by atoms with Crippen LogP contribution in [-0.2, 0) is 9.59 Å². The number of carbonyl (C=O) groups excluding carboxylic acids is 1. The van der Waals surface area contributed by atoms with Gasteiger partial charge in [0.25, 0.3) is 0 Å². The number of nitrogens with zero attached hydrogens (tertiary/aromatic N) is 1. The van der Waals surface area contributed by atoms with Crippen molar-refractivity contribution in [1.82, 2.24) is 4.90 Å². The summed E-state index contributed by atoms with van der Waals surface area (Å²) in [6.45, 7) is 0.729. The number of hydrogen-bond acceptors (Lipinski definition) is 2. The van der Waals surface area contributed by atoms with Crippen molar-refractivity contribution >= 4 is 11.9 Å². The van der Waals surface area contributed by atoms with Gasteiger partial charge in [-0.1, -0.05) is 12.2 Å². The van der Waals surface area contributed by atoms with Gasteiger partial charge < -0.3 is 10.0 Å². The first kappa shape index (κ1) is 12.1. The first-order valence-electron chi connectivity index (χ1n) is 6.35. The molecule has 17 heavy (non-hydrogen) atoms. The molecular weight excluding hydrogens is 218 g/mol. The maximum Gasteiger partial charge on any atom is 0.305 e. The predicted octanol–water partition coefficient (Wildman–Crippen LogP) is 1.81. The monoisotopic (exact) mass is 237 g/mol. The molecule has 1 aliphatic carbocycles. The number of likely N-dealkylation sites (tertiary alicyclic amines) is 1. The van der Waals surface area contributed by atoms with Crippen LogP contribution in [0, 0.1) is 5.92 Å². The maximum absolute atomic E-state index is 12.3. The molecule has 0 aromatic carbocycles. The van der Waals surface area contributed by atoms with Crippen LogP contribution in [0.25, 0.3) is 0 Å². The van der Waals surface area contributed by atoms with Crippen molar-refractivity contribution in [3.05, 3.63) is 12.2 Å². The number of aliphatic carboxylic acids is 1. The number of allylic oxidation sites excluding steroid dienone is 2. The molecule has 0 aromatic heterocycles. The van der Waals surface area contributed by atoms with E-state index in [2.05, 4.69) is 0 Å². The van der Waals surface area contributed by atoms with E-state index in [9.17, 15) is 9.59 Å². The van der Waals surface area contributed by atoms with E-state index in [4.69, 9.17) is 5.11 Å². The minimum absolute atomic E-state index is 0.0596. The van der Waals surface area contributed by atoms with Crippen molar-refractivity contribution in [3.63, 3.8) is 0 Å². The zero-order chi connectivity index (χ0) is 12.3. The number of amides is 1. The van der Waals surface area contributed by atoms with E-state index in [1.54, 1.807) is 0 Å². The Morgan fingerprint density at radius 3 is 2.59 bits per heavy atom. The van der Waals surface area contributed by atoms with E-state index in [0.717, 1.165) is 38.6 Å². The van der Waals surface area contributed by atoms with Crippen LogP contribution in [0.15, 0.2) is 12.2 Å². The molecule has 1 saturated heterocycles. The molecule has 1 aliphatic heterocycles. The third-order valence-corrected chi connectivity index (χ3v) is 3.68. The minimum Gasteiger partial charge on any atom is -0.481 e. The highest BCUT2D eigenvalue weighted by atomic mass is 16.4. The zero-order valence-corrected chi connectivity index (χ0v) is 9.97. The zero-order valence-electron chi connectivity index (χ0n) is 9.97. The van der Waals surface area contributed by atoms with Gasteiger partial charge in [-0.3, -0.25) is 9.59 Å². The summed E-state index contributed by atoms with van der Waals surface area (Å²) in [7, 11) is 0. The van der Waals surface area contributed by atoms with Gasteiger partial charge in [0, 0.05) is 18.5 Å². The highest BCUT2D eigenvalue weighted by Crippen LogP contribution is 2.26. The Morgan fingerprint density at radius 2 is 1.94 bits per heavy atom. The van der Waals surface area contributed by atoms with E-state index in [1.807, 2.05) is 17.1 Å². The van der Waals surface area contributed by atoms with Gasteiger partial charge in [-0.2, -0.15) is 0 Å². The lowest BCUT2D eigenvalue weighted by Crippen LogP contribution is -2.47. The van der Waals surface area contributed by atoms with E-state index < -0.39 is 5.97 Å². The fourth-order valence-corrected chi connectivity index (χ4v) is 2.76. The molecule has 2 aliphatic rings. The summed E-state index contributed by atoms with van der Waals surface area (Å²) in [5.74, 6) is -0.593. The Labute approximate surface area is 101 Å². The van der Waals surface area contributed by atoms with Gasteiger partial charge in [0.1, 0.15) is 0 Å². The van der Waals surface area contributed by atoms with Crippen LogP contribution < -0.4 is 0 Å². The Hall–Kier alpha value is -1.32. The summed E-state index contributed by atoms with van der Waals surface area (Å²) in [6, 6.07) is -0.0886. The Balaban J connectivity index is 1.99. The van der Waals surface area contributed by atoms with Crippen LogP contribution in [0.2, 0.25) is 0 Å². The average molecular weight is 237 g/mol. The second-order valence-corrected chi connectivity index (χ2v) is 4.92. The molecule has 0 radical (unpaired) electrons. The summed E-state index contributed by atoms with van der Waals surface area (Å²) in [4.78, 5) is 24.9. The molecule has 1 atom stereocenters. The average Bonchev–Trinajstić information content (AvgIpc) is 2.81. The van der Waals surface area contributed by atoms with E-state index in [0.29, 0.717) is 0 Å². The minimum atomic E-state index is -0.806. The van der Waals surface area contributed by atoms with Crippen molar-refractivity contribution in [3.8, 4) is 0 Å². The third kappa shape index (κ3) is 2.87.